The fourth-order valence-electron chi connectivity index (χ4n) is 4.15. The van der Waals surface area contributed by atoms with E-state index >= 15 is 0 Å². The van der Waals surface area contributed by atoms with Crippen LogP contribution in [0.15, 0.2) is 24.3 Å². The Balaban J connectivity index is 1.42. The molecule has 6 nitrogen and oxygen atoms in total. The predicted octanol–water partition coefficient (Wildman–Crippen LogP) is 1.10. The van der Waals surface area contributed by atoms with E-state index in [2.05, 4.69) is 0 Å². The van der Waals surface area contributed by atoms with Crippen LogP contribution in [-0.2, 0) is 9.53 Å². The molecule has 0 bridgehead atoms. The van der Waals surface area contributed by atoms with E-state index in [0.29, 0.717) is 43.5 Å². The van der Waals surface area contributed by atoms with Crippen LogP contribution in [0.25, 0.3) is 0 Å². The van der Waals surface area contributed by atoms with Crippen molar-refractivity contribution in [3.8, 4) is 5.75 Å². The summed E-state index contributed by atoms with van der Waals surface area (Å²) in [5.41, 5.74) is 0.501. The summed E-state index contributed by atoms with van der Waals surface area (Å²) < 4.78 is 5.89. The minimum atomic E-state index is -0.0695. The van der Waals surface area contributed by atoms with Gasteiger partial charge in [-0.15, -0.1) is 0 Å². The van der Waals surface area contributed by atoms with Crippen molar-refractivity contribution in [2.75, 3.05) is 32.8 Å². The standard InChI is InChI=1S/C18H22N2O4/c21-14-4-1-3-12(7-14)18(23)20-9-15-13(11-24-16(15)10-20)8-19-6-2-5-17(19)22/h1,3-4,7,13,15-16,21H,2,5-6,8-11H2/t13-,15-,16-/m1/s1. The second-order valence-electron chi connectivity index (χ2n) is 7.00. The molecule has 0 aromatic heterocycles. The molecule has 3 heterocycles. The van der Waals surface area contributed by atoms with Gasteiger partial charge in [0.05, 0.1) is 12.7 Å². The molecule has 3 aliphatic rings. The maximum absolute atomic E-state index is 12.6. The normalized spacial score (nSPS) is 29.3. The maximum Gasteiger partial charge on any atom is 0.254 e. The number of ether oxygens (including phenoxy) is 1. The van der Waals surface area contributed by atoms with Crippen LogP contribution in [-0.4, -0.2) is 65.6 Å². The minimum Gasteiger partial charge on any atom is -0.508 e. The number of carbonyl (C=O) groups excluding carboxylic acids is 2. The maximum atomic E-state index is 12.6. The molecular weight excluding hydrogens is 308 g/mol. The second kappa shape index (κ2) is 6.09. The lowest BCUT2D eigenvalue weighted by atomic mass is 9.93. The first-order chi connectivity index (χ1) is 11.6. The molecule has 3 fully saturated rings. The molecule has 3 saturated heterocycles. The molecule has 4 rings (SSSR count). The number of benzene rings is 1. The van der Waals surface area contributed by atoms with E-state index in [1.54, 1.807) is 18.2 Å². The summed E-state index contributed by atoms with van der Waals surface area (Å²) in [7, 11) is 0. The minimum absolute atomic E-state index is 0.0639. The van der Waals surface area contributed by atoms with E-state index < -0.39 is 0 Å². The highest BCUT2D eigenvalue weighted by Gasteiger charge is 2.46. The van der Waals surface area contributed by atoms with Gasteiger partial charge in [0.1, 0.15) is 5.75 Å². The molecule has 0 unspecified atom stereocenters. The first-order valence-electron chi connectivity index (χ1n) is 8.59. The molecule has 24 heavy (non-hydrogen) atoms. The summed E-state index contributed by atoms with van der Waals surface area (Å²) in [5.74, 6) is 0.865. The number of phenolic OH excluding ortho intramolecular Hbond substituents is 1. The van der Waals surface area contributed by atoms with Crippen LogP contribution in [0.5, 0.6) is 5.75 Å². The number of rotatable bonds is 3. The molecule has 3 aliphatic heterocycles. The van der Waals surface area contributed by atoms with Crippen LogP contribution in [0.2, 0.25) is 0 Å². The van der Waals surface area contributed by atoms with Gasteiger partial charge in [0.25, 0.3) is 5.91 Å². The number of nitrogens with zero attached hydrogens (tertiary/aromatic N) is 2. The fourth-order valence-corrected chi connectivity index (χ4v) is 4.15. The lowest BCUT2D eigenvalue weighted by Gasteiger charge is -2.24. The van der Waals surface area contributed by atoms with Gasteiger partial charge in [-0.1, -0.05) is 6.07 Å². The van der Waals surface area contributed by atoms with E-state index in [1.807, 2.05) is 9.80 Å². The zero-order valence-electron chi connectivity index (χ0n) is 13.6. The quantitative estimate of drug-likeness (QED) is 0.901. The number of phenols is 1. The molecular formula is C18H22N2O4. The van der Waals surface area contributed by atoms with Gasteiger partial charge in [-0.3, -0.25) is 9.59 Å². The number of likely N-dealkylation sites (tertiary alicyclic amines) is 2. The average Bonchev–Trinajstić information content (AvgIpc) is 3.25. The molecule has 1 aromatic carbocycles. The Morgan fingerprint density at radius 2 is 2.21 bits per heavy atom. The average molecular weight is 330 g/mol. The van der Waals surface area contributed by atoms with E-state index in [0.717, 1.165) is 19.5 Å². The Bertz CT molecular complexity index is 662. The summed E-state index contributed by atoms with van der Waals surface area (Å²) in [6, 6.07) is 6.45. The van der Waals surface area contributed by atoms with Gasteiger partial charge < -0.3 is 19.6 Å². The first-order valence-corrected chi connectivity index (χ1v) is 8.59. The molecule has 1 aromatic rings. The van der Waals surface area contributed by atoms with Crippen LogP contribution in [0, 0.1) is 11.8 Å². The number of fused-ring (bicyclic) bond motifs is 1. The van der Waals surface area contributed by atoms with Crippen LogP contribution in [0.3, 0.4) is 0 Å². The van der Waals surface area contributed by atoms with Crippen molar-refractivity contribution in [1.29, 1.82) is 0 Å². The van der Waals surface area contributed by atoms with E-state index in [9.17, 15) is 14.7 Å². The number of aromatic hydroxyl groups is 1. The van der Waals surface area contributed by atoms with Crippen molar-refractivity contribution in [2.45, 2.75) is 18.9 Å². The molecule has 0 aliphatic carbocycles. The van der Waals surface area contributed by atoms with Crippen LogP contribution in [0.1, 0.15) is 23.2 Å². The summed E-state index contributed by atoms with van der Waals surface area (Å²) in [4.78, 5) is 28.2. The number of hydrogen-bond acceptors (Lipinski definition) is 4. The monoisotopic (exact) mass is 330 g/mol. The Morgan fingerprint density at radius 3 is 2.96 bits per heavy atom. The highest BCUT2D eigenvalue weighted by molar-refractivity contribution is 5.94. The topological polar surface area (TPSA) is 70.1 Å². The van der Waals surface area contributed by atoms with Gasteiger partial charge in [-0.2, -0.15) is 0 Å². The highest BCUT2D eigenvalue weighted by atomic mass is 16.5. The van der Waals surface area contributed by atoms with Crippen molar-refractivity contribution < 1.29 is 19.4 Å². The molecule has 1 N–H and O–H groups in total. The molecule has 0 spiro atoms. The summed E-state index contributed by atoms with van der Waals surface area (Å²) >= 11 is 0. The van der Waals surface area contributed by atoms with Gasteiger partial charge in [0, 0.05) is 50.0 Å². The molecule has 128 valence electrons. The van der Waals surface area contributed by atoms with Crippen LogP contribution >= 0.6 is 0 Å². The van der Waals surface area contributed by atoms with Gasteiger partial charge in [-0.05, 0) is 24.6 Å². The van der Waals surface area contributed by atoms with Crippen molar-refractivity contribution in [3.05, 3.63) is 29.8 Å². The SMILES string of the molecule is O=C1CCCN1C[C@@H]1CO[C@@H]2CN(C(=O)c3cccc(O)c3)C[C@H]12. The lowest BCUT2D eigenvalue weighted by Crippen LogP contribution is -2.36. The van der Waals surface area contributed by atoms with Crippen molar-refractivity contribution in [3.63, 3.8) is 0 Å². The fraction of sp³-hybridized carbons (Fsp3) is 0.556. The summed E-state index contributed by atoms with van der Waals surface area (Å²) in [6.45, 7) is 3.51. The summed E-state index contributed by atoms with van der Waals surface area (Å²) in [6.07, 6.45) is 1.67. The van der Waals surface area contributed by atoms with E-state index in [4.69, 9.17) is 4.74 Å². The number of hydrogen-bond donors (Lipinski definition) is 1. The molecule has 6 heteroatoms. The van der Waals surface area contributed by atoms with E-state index in [-0.39, 0.29) is 23.7 Å². The van der Waals surface area contributed by atoms with Crippen molar-refractivity contribution >= 4 is 11.8 Å². The molecule has 2 amide bonds. The third-order valence-electron chi connectivity index (χ3n) is 5.45. The largest absolute Gasteiger partial charge is 0.508 e. The zero-order valence-corrected chi connectivity index (χ0v) is 13.6. The lowest BCUT2D eigenvalue weighted by molar-refractivity contribution is -0.128. The Labute approximate surface area is 141 Å². The van der Waals surface area contributed by atoms with Gasteiger partial charge >= 0.3 is 0 Å². The van der Waals surface area contributed by atoms with Crippen LogP contribution in [0.4, 0.5) is 0 Å². The second-order valence-corrected chi connectivity index (χ2v) is 7.00. The van der Waals surface area contributed by atoms with Crippen molar-refractivity contribution in [1.82, 2.24) is 9.80 Å². The third-order valence-corrected chi connectivity index (χ3v) is 5.45. The number of amides is 2. The molecule has 3 atom stereocenters. The van der Waals surface area contributed by atoms with Gasteiger partial charge in [0.15, 0.2) is 0 Å². The van der Waals surface area contributed by atoms with Gasteiger partial charge in [-0.25, -0.2) is 0 Å². The van der Waals surface area contributed by atoms with Crippen LogP contribution < -0.4 is 0 Å². The zero-order chi connectivity index (χ0) is 16.7. The first kappa shape index (κ1) is 15.4. The van der Waals surface area contributed by atoms with E-state index in [1.165, 1.54) is 6.07 Å². The number of carbonyl (C=O) groups is 2. The molecule has 0 saturated carbocycles. The van der Waals surface area contributed by atoms with Gasteiger partial charge in [0.2, 0.25) is 5.91 Å². The Kier molecular flexibility index (Phi) is 3.92. The Morgan fingerprint density at radius 1 is 1.33 bits per heavy atom. The highest BCUT2D eigenvalue weighted by Crippen LogP contribution is 2.35. The smallest absolute Gasteiger partial charge is 0.254 e. The predicted molar refractivity (Wildman–Crippen MR) is 86.5 cm³/mol. The Hall–Kier alpha value is -2.08. The molecule has 0 radical (unpaired) electrons. The summed E-state index contributed by atoms with van der Waals surface area (Å²) in [5, 5.41) is 9.56. The third kappa shape index (κ3) is 2.75. The van der Waals surface area contributed by atoms with Crippen molar-refractivity contribution in [2.24, 2.45) is 11.8 Å².